The fourth-order valence-electron chi connectivity index (χ4n) is 1.84. The van der Waals surface area contributed by atoms with Crippen LogP contribution in [0.3, 0.4) is 0 Å². The largest absolute Gasteiger partial charge is 0.508 e. The lowest BCUT2D eigenvalue weighted by Crippen LogP contribution is -2.28. The van der Waals surface area contributed by atoms with Crippen molar-refractivity contribution >= 4 is 11.4 Å². The van der Waals surface area contributed by atoms with E-state index in [-0.39, 0.29) is 11.3 Å². The summed E-state index contributed by atoms with van der Waals surface area (Å²) in [5.74, 6) is 0.227. The number of pyridine rings is 1. The van der Waals surface area contributed by atoms with E-state index in [1.807, 2.05) is 18.0 Å². The second-order valence-electron chi connectivity index (χ2n) is 4.44. The molecule has 0 saturated heterocycles. The van der Waals surface area contributed by atoms with Gasteiger partial charge >= 0.3 is 0 Å². The summed E-state index contributed by atoms with van der Waals surface area (Å²) in [5.41, 5.74) is 7.06. The number of nitrogens with zero attached hydrogens (tertiary/aromatic N) is 2. The summed E-state index contributed by atoms with van der Waals surface area (Å²) in [6.45, 7) is 1.18. The molecule has 0 bridgehead atoms. The Hall–Kier alpha value is -2.43. The zero-order valence-electron chi connectivity index (χ0n) is 10.8. The molecule has 0 radical (unpaired) electrons. The first kappa shape index (κ1) is 13.0. The Morgan fingerprint density at radius 1 is 1.32 bits per heavy atom. The number of hydrogen-bond donors (Lipinski definition) is 2. The van der Waals surface area contributed by atoms with Crippen molar-refractivity contribution in [3.63, 3.8) is 0 Å². The minimum atomic E-state index is -0.0708. The standard InChI is InChI=1S/C14H17N3O2/c1-16(12-3-2-4-13(18)9-12)7-8-17-10-11(15)5-6-14(17)19/h2-6,9-10,18H,7-8,15H2,1H3. The predicted octanol–water partition coefficient (Wildman–Crippen LogP) is 1.27. The topological polar surface area (TPSA) is 71.5 Å². The van der Waals surface area contributed by atoms with Gasteiger partial charge in [-0.1, -0.05) is 6.07 Å². The zero-order chi connectivity index (χ0) is 13.8. The minimum absolute atomic E-state index is 0.0708. The summed E-state index contributed by atoms with van der Waals surface area (Å²) >= 11 is 0. The third-order valence-electron chi connectivity index (χ3n) is 2.95. The van der Waals surface area contributed by atoms with Crippen molar-refractivity contribution in [3.05, 3.63) is 52.9 Å². The second-order valence-corrected chi connectivity index (χ2v) is 4.44. The summed E-state index contributed by atoms with van der Waals surface area (Å²) in [5, 5.41) is 9.43. The Bertz CT molecular complexity index is 622. The third kappa shape index (κ3) is 3.28. The smallest absolute Gasteiger partial charge is 0.250 e. The van der Waals surface area contributed by atoms with Crippen LogP contribution in [0.1, 0.15) is 0 Å². The molecule has 0 unspecified atom stereocenters. The van der Waals surface area contributed by atoms with Gasteiger partial charge < -0.3 is 20.3 Å². The van der Waals surface area contributed by atoms with Crippen LogP contribution in [0, 0.1) is 0 Å². The van der Waals surface area contributed by atoms with E-state index in [4.69, 9.17) is 5.73 Å². The lowest BCUT2D eigenvalue weighted by molar-refractivity contribution is 0.475. The quantitative estimate of drug-likeness (QED) is 0.867. The normalized spacial score (nSPS) is 10.4. The summed E-state index contributed by atoms with van der Waals surface area (Å²) in [6.07, 6.45) is 1.64. The molecule has 2 aromatic rings. The van der Waals surface area contributed by atoms with Crippen LogP contribution in [-0.4, -0.2) is 23.3 Å². The van der Waals surface area contributed by atoms with Gasteiger partial charge in [0, 0.05) is 49.8 Å². The average molecular weight is 259 g/mol. The molecule has 0 atom stereocenters. The van der Waals surface area contributed by atoms with Gasteiger partial charge in [0.15, 0.2) is 0 Å². The first-order valence-corrected chi connectivity index (χ1v) is 6.02. The van der Waals surface area contributed by atoms with Crippen molar-refractivity contribution in [2.24, 2.45) is 0 Å². The molecule has 0 aliphatic heterocycles. The molecule has 0 saturated carbocycles. The molecule has 5 nitrogen and oxygen atoms in total. The van der Waals surface area contributed by atoms with Crippen molar-refractivity contribution in [2.45, 2.75) is 6.54 Å². The molecule has 0 amide bonds. The summed E-state index contributed by atoms with van der Waals surface area (Å²) in [4.78, 5) is 13.6. The summed E-state index contributed by atoms with van der Waals surface area (Å²) < 4.78 is 1.58. The molecule has 19 heavy (non-hydrogen) atoms. The number of likely N-dealkylation sites (N-methyl/N-ethyl adjacent to an activating group) is 1. The number of phenolic OH excluding ortho intramolecular Hbond substituents is 1. The maximum absolute atomic E-state index is 11.6. The highest BCUT2D eigenvalue weighted by Gasteiger charge is 2.03. The summed E-state index contributed by atoms with van der Waals surface area (Å²) in [7, 11) is 1.91. The van der Waals surface area contributed by atoms with Gasteiger partial charge in [-0.2, -0.15) is 0 Å². The molecule has 5 heteroatoms. The summed E-state index contributed by atoms with van der Waals surface area (Å²) in [6, 6.07) is 10.1. The van der Waals surface area contributed by atoms with E-state index >= 15 is 0 Å². The number of phenols is 1. The van der Waals surface area contributed by atoms with Gasteiger partial charge in [-0.05, 0) is 18.2 Å². The maximum atomic E-state index is 11.6. The van der Waals surface area contributed by atoms with E-state index in [0.29, 0.717) is 18.8 Å². The van der Waals surface area contributed by atoms with Crippen LogP contribution in [0.5, 0.6) is 5.75 Å². The van der Waals surface area contributed by atoms with Gasteiger partial charge in [0.2, 0.25) is 0 Å². The minimum Gasteiger partial charge on any atom is -0.508 e. The van der Waals surface area contributed by atoms with Crippen LogP contribution < -0.4 is 16.2 Å². The van der Waals surface area contributed by atoms with Crippen molar-refractivity contribution in [2.75, 3.05) is 24.2 Å². The van der Waals surface area contributed by atoms with Gasteiger partial charge in [-0.3, -0.25) is 4.79 Å². The van der Waals surface area contributed by atoms with Crippen LogP contribution >= 0.6 is 0 Å². The fourth-order valence-corrected chi connectivity index (χ4v) is 1.84. The van der Waals surface area contributed by atoms with E-state index in [1.54, 1.807) is 35.0 Å². The molecule has 0 aliphatic rings. The predicted molar refractivity (Wildman–Crippen MR) is 76.5 cm³/mol. The van der Waals surface area contributed by atoms with E-state index in [0.717, 1.165) is 5.69 Å². The number of aromatic nitrogens is 1. The highest BCUT2D eigenvalue weighted by molar-refractivity contribution is 5.49. The van der Waals surface area contributed by atoms with Crippen molar-refractivity contribution in [1.29, 1.82) is 0 Å². The molecular weight excluding hydrogens is 242 g/mol. The molecule has 100 valence electrons. The van der Waals surface area contributed by atoms with Gasteiger partial charge in [0.1, 0.15) is 5.75 Å². The Morgan fingerprint density at radius 2 is 2.11 bits per heavy atom. The first-order valence-electron chi connectivity index (χ1n) is 6.02. The molecule has 3 N–H and O–H groups in total. The van der Waals surface area contributed by atoms with Crippen LogP contribution in [-0.2, 0) is 6.54 Å². The van der Waals surface area contributed by atoms with E-state index in [1.165, 1.54) is 6.07 Å². The van der Waals surface area contributed by atoms with Crippen molar-refractivity contribution in [1.82, 2.24) is 4.57 Å². The van der Waals surface area contributed by atoms with Crippen LogP contribution in [0.25, 0.3) is 0 Å². The maximum Gasteiger partial charge on any atom is 0.250 e. The van der Waals surface area contributed by atoms with Crippen molar-refractivity contribution < 1.29 is 5.11 Å². The Balaban J connectivity index is 2.06. The average Bonchev–Trinajstić information content (AvgIpc) is 2.39. The number of nitrogen functional groups attached to an aromatic ring is 1. The van der Waals surface area contributed by atoms with Gasteiger partial charge in [-0.25, -0.2) is 0 Å². The number of anilines is 2. The molecule has 0 spiro atoms. The monoisotopic (exact) mass is 259 g/mol. The molecule has 1 heterocycles. The van der Waals surface area contributed by atoms with Crippen LogP contribution in [0.2, 0.25) is 0 Å². The molecule has 0 aliphatic carbocycles. The van der Waals surface area contributed by atoms with E-state index < -0.39 is 0 Å². The molecule has 1 aromatic carbocycles. The lowest BCUT2D eigenvalue weighted by Gasteiger charge is -2.20. The van der Waals surface area contributed by atoms with Gasteiger partial charge in [0.25, 0.3) is 5.56 Å². The molecule has 1 aromatic heterocycles. The highest BCUT2D eigenvalue weighted by Crippen LogP contribution is 2.18. The van der Waals surface area contributed by atoms with Gasteiger partial charge in [0.05, 0.1) is 0 Å². The zero-order valence-corrected chi connectivity index (χ0v) is 10.8. The first-order chi connectivity index (χ1) is 9.06. The second kappa shape index (κ2) is 5.48. The number of hydrogen-bond acceptors (Lipinski definition) is 4. The Kier molecular flexibility index (Phi) is 3.75. The van der Waals surface area contributed by atoms with E-state index in [2.05, 4.69) is 0 Å². The fraction of sp³-hybridized carbons (Fsp3) is 0.214. The Morgan fingerprint density at radius 3 is 2.84 bits per heavy atom. The van der Waals surface area contributed by atoms with Crippen LogP contribution in [0.4, 0.5) is 11.4 Å². The lowest BCUT2D eigenvalue weighted by atomic mass is 10.3. The number of nitrogens with two attached hydrogens (primary N) is 1. The molecule has 2 rings (SSSR count). The van der Waals surface area contributed by atoms with Crippen molar-refractivity contribution in [3.8, 4) is 5.75 Å². The number of rotatable bonds is 4. The highest BCUT2D eigenvalue weighted by atomic mass is 16.3. The number of benzene rings is 1. The SMILES string of the molecule is CN(CCn1cc(N)ccc1=O)c1cccc(O)c1. The van der Waals surface area contributed by atoms with E-state index in [9.17, 15) is 9.90 Å². The number of aromatic hydroxyl groups is 1. The Labute approximate surface area is 111 Å². The van der Waals surface area contributed by atoms with Crippen LogP contribution in [0.15, 0.2) is 47.4 Å². The third-order valence-corrected chi connectivity index (χ3v) is 2.95. The molecular formula is C14H17N3O2. The van der Waals surface area contributed by atoms with Gasteiger partial charge in [-0.15, -0.1) is 0 Å². The molecule has 0 fully saturated rings.